The molecule has 1 saturated heterocycles. The van der Waals surface area contributed by atoms with Gasteiger partial charge in [-0.2, -0.15) is 0 Å². The van der Waals surface area contributed by atoms with E-state index in [9.17, 15) is 13.6 Å². The maximum absolute atomic E-state index is 14.2. The largest absolute Gasteiger partial charge is 0.335 e. The maximum Gasteiger partial charge on any atom is 0.233 e. The predicted octanol–water partition coefficient (Wildman–Crippen LogP) is 4.81. The van der Waals surface area contributed by atoms with Gasteiger partial charge in [-0.15, -0.1) is 10.2 Å². The molecule has 35 heavy (non-hydrogen) atoms. The Morgan fingerprint density at radius 2 is 1.74 bits per heavy atom. The van der Waals surface area contributed by atoms with Gasteiger partial charge >= 0.3 is 0 Å². The van der Waals surface area contributed by atoms with Gasteiger partial charge in [0.05, 0.1) is 12.3 Å². The summed E-state index contributed by atoms with van der Waals surface area (Å²) in [4.78, 5) is 17.3. The average molecular weight is 498 g/mol. The second-order valence-corrected chi connectivity index (χ2v) is 10.1. The lowest BCUT2D eigenvalue weighted by atomic mass is 10.1. The first-order chi connectivity index (χ1) is 17.1. The molecule has 2 fully saturated rings. The van der Waals surface area contributed by atoms with Gasteiger partial charge in [0.1, 0.15) is 11.6 Å². The van der Waals surface area contributed by atoms with Crippen LogP contribution in [0.2, 0.25) is 0 Å². The molecule has 184 valence electrons. The van der Waals surface area contributed by atoms with E-state index in [-0.39, 0.29) is 35.9 Å². The van der Waals surface area contributed by atoms with Crippen molar-refractivity contribution >= 4 is 17.7 Å². The smallest absolute Gasteiger partial charge is 0.233 e. The summed E-state index contributed by atoms with van der Waals surface area (Å²) in [7, 11) is 0. The number of hydrogen-bond acceptors (Lipinski definition) is 5. The maximum atomic E-state index is 14.2. The van der Waals surface area contributed by atoms with Crippen LogP contribution < -0.4 is 0 Å². The summed E-state index contributed by atoms with van der Waals surface area (Å²) in [5, 5.41) is 9.43. The Bertz CT molecular complexity index is 1160. The first-order valence-corrected chi connectivity index (χ1v) is 13.2. The van der Waals surface area contributed by atoms with Crippen molar-refractivity contribution in [3.63, 3.8) is 0 Å². The number of carbonyl (C=O) groups excluding carboxylic acids is 1. The van der Waals surface area contributed by atoms with Gasteiger partial charge in [0, 0.05) is 23.8 Å². The fourth-order valence-corrected chi connectivity index (χ4v) is 5.35. The minimum Gasteiger partial charge on any atom is -0.335 e. The summed E-state index contributed by atoms with van der Waals surface area (Å²) < 4.78 is 29.7. The molecule has 1 amide bonds. The molecule has 1 aliphatic carbocycles. The van der Waals surface area contributed by atoms with E-state index in [4.69, 9.17) is 0 Å². The molecule has 1 saturated carbocycles. The van der Waals surface area contributed by atoms with Gasteiger partial charge in [0.25, 0.3) is 0 Å². The summed E-state index contributed by atoms with van der Waals surface area (Å²) in [5.41, 5.74) is 1.29. The van der Waals surface area contributed by atoms with Crippen LogP contribution in [0.1, 0.15) is 43.5 Å². The molecule has 2 aromatic carbocycles. The minimum atomic E-state index is -0.308. The summed E-state index contributed by atoms with van der Waals surface area (Å²) in [6, 6.07) is 13.0. The third-order valence-electron chi connectivity index (χ3n) is 6.53. The third kappa shape index (κ3) is 5.90. The molecule has 0 N–H and O–H groups in total. The normalized spacial score (nSPS) is 16.4. The minimum absolute atomic E-state index is 0.0491. The van der Waals surface area contributed by atoms with Crippen LogP contribution in [0.4, 0.5) is 8.78 Å². The molecule has 0 unspecified atom stereocenters. The van der Waals surface area contributed by atoms with Crippen molar-refractivity contribution in [3.05, 3.63) is 71.6 Å². The highest BCUT2D eigenvalue weighted by molar-refractivity contribution is 7.99. The Morgan fingerprint density at radius 3 is 2.46 bits per heavy atom. The fraction of sp³-hybridized carbons (Fsp3) is 0.423. The lowest BCUT2D eigenvalue weighted by Gasteiger charge is -2.26. The predicted molar refractivity (Wildman–Crippen MR) is 131 cm³/mol. The molecule has 1 aliphatic heterocycles. The summed E-state index contributed by atoms with van der Waals surface area (Å²) in [6.07, 6.45) is 5.46. The highest BCUT2D eigenvalue weighted by Gasteiger charge is 2.33. The Balaban J connectivity index is 1.33. The van der Waals surface area contributed by atoms with Crippen molar-refractivity contribution in [1.82, 2.24) is 24.6 Å². The van der Waals surface area contributed by atoms with E-state index in [0.717, 1.165) is 37.4 Å². The second kappa shape index (κ2) is 10.9. The molecule has 0 radical (unpaired) electrons. The molecular formula is C26H29F2N5OS. The first kappa shape index (κ1) is 23.9. The molecule has 9 heteroatoms. The molecule has 6 nitrogen and oxygen atoms in total. The molecule has 2 heterocycles. The average Bonchev–Trinajstić information content (AvgIpc) is 3.64. The van der Waals surface area contributed by atoms with E-state index in [1.807, 2.05) is 4.57 Å². The van der Waals surface area contributed by atoms with Crippen LogP contribution in [0.5, 0.6) is 0 Å². The number of likely N-dealkylation sites (tertiary alicyclic amines) is 1. The van der Waals surface area contributed by atoms with Gasteiger partial charge in [-0.1, -0.05) is 36.4 Å². The number of piperidine rings is 1. The van der Waals surface area contributed by atoms with E-state index in [1.165, 1.54) is 49.2 Å². The Labute approximate surface area is 208 Å². The van der Waals surface area contributed by atoms with E-state index < -0.39 is 0 Å². The van der Waals surface area contributed by atoms with Crippen molar-refractivity contribution in [1.29, 1.82) is 0 Å². The SMILES string of the molecule is O=C(CSc1nnc(CN2CCCCC2)n1-c1ccc(F)cc1)N(Cc1ccccc1F)C1CC1. The zero-order valence-corrected chi connectivity index (χ0v) is 20.4. The molecule has 5 rings (SSSR count). The Morgan fingerprint density at radius 1 is 1.00 bits per heavy atom. The van der Waals surface area contributed by atoms with Crippen molar-refractivity contribution in [2.75, 3.05) is 18.8 Å². The molecule has 3 aromatic rings. The Hall–Kier alpha value is -2.78. The quantitative estimate of drug-likeness (QED) is 0.397. The van der Waals surface area contributed by atoms with Crippen molar-refractivity contribution in [2.45, 2.75) is 56.4 Å². The van der Waals surface area contributed by atoms with Crippen molar-refractivity contribution in [2.24, 2.45) is 0 Å². The summed E-state index contributed by atoms with van der Waals surface area (Å²) in [6.45, 7) is 2.95. The van der Waals surface area contributed by atoms with Crippen LogP contribution in [0, 0.1) is 11.6 Å². The number of carbonyl (C=O) groups is 1. The van der Waals surface area contributed by atoms with E-state index in [0.29, 0.717) is 17.3 Å². The zero-order chi connectivity index (χ0) is 24.2. The van der Waals surface area contributed by atoms with Gasteiger partial charge in [-0.05, 0) is 69.1 Å². The molecule has 0 atom stereocenters. The van der Waals surface area contributed by atoms with Gasteiger partial charge in [0.2, 0.25) is 5.91 Å². The van der Waals surface area contributed by atoms with Gasteiger partial charge in [0.15, 0.2) is 11.0 Å². The van der Waals surface area contributed by atoms with E-state index in [1.54, 1.807) is 35.2 Å². The van der Waals surface area contributed by atoms with E-state index >= 15 is 0 Å². The van der Waals surface area contributed by atoms with E-state index in [2.05, 4.69) is 15.1 Å². The number of hydrogen-bond donors (Lipinski definition) is 0. The number of halogens is 2. The van der Waals surface area contributed by atoms with Crippen LogP contribution in [-0.2, 0) is 17.9 Å². The standard InChI is InChI=1S/C26H29F2N5OS/c27-20-8-10-22(11-9-20)33-24(17-31-14-4-1-5-15-31)29-30-26(33)35-18-25(34)32(21-12-13-21)16-19-6-2-3-7-23(19)28/h2-3,6-11,21H,1,4-5,12-18H2. The molecule has 0 spiro atoms. The monoisotopic (exact) mass is 497 g/mol. The number of amides is 1. The molecular weight excluding hydrogens is 468 g/mol. The Kier molecular flexibility index (Phi) is 7.43. The number of nitrogens with zero attached hydrogens (tertiary/aromatic N) is 5. The topological polar surface area (TPSA) is 54.3 Å². The summed E-state index contributed by atoms with van der Waals surface area (Å²) in [5.74, 6) is 0.299. The van der Waals surface area contributed by atoms with Crippen LogP contribution in [0.15, 0.2) is 53.7 Å². The second-order valence-electron chi connectivity index (χ2n) is 9.18. The van der Waals surface area contributed by atoms with Crippen LogP contribution in [-0.4, -0.2) is 55.4 Å². The number of thioether (sulfide) groups is 1. The van der Waals surface area contributed by atoms with Gasteiger partial charge < -0.3 is 4.90 Å². The van der Waals surface area contributed by atoms with Gasteiger partial charge in [-0.25, -0.2) is 8.78 Å². The highest BCUT2D eigenvalue weighted by atomic mass is 32.2. The van der Waals surface area contributed by atoms with Crippen molar-refractivity contribution < 1.29 is 13.6 Å². The lowest BCUT2D eigenvalue weighted by Crippen LogP contribution is -2.34. The zero-order valence-electron chi connectivity index (χ0n) is 19.6. The summed E-state index contributed by atoms with van der Waals surface area (Å²) >= 11 is 1.32. The highest BCUT2D eigenvalue weighted by Crippen LogP contribution is 2.31. The van der Waals surface area contributed by atoms with Gasteiger partial charge in [-0.3, -0.25) is 14.3 Å². The van der Waals surface area contributed by atoms with Crippen LogP contribution in [0.3, 0.4) is 0 Å². The fourth-order valence-electron chi connectivity index (χ4n) is 4.49. The van der Waals surface area contributed by atoms with Crippen molar-refractivity contribution in [3.8, 4) is 5.69 Å². The number of rotatable bonds is 9. The van der Waals surface area contributed by atoms with Crippen LogP contribution >= 0.6 is 11.8 Å². The lowest BCUT2D eigenvalue weighted by molar-refractivity contribution is -0.129. The molecule has 1 aromatic heterocycles. The van der Waals surface area contributed by atoms with Crippen LogP contribution in [0.25, 0.3) is 5.69 Å². The molecule has 2 aliphatic rings. The number of benzene rings is 2. The number of aromatic nitrogens is 3. The first-order valence-electron chi connectivity index (χ1n) is 12.2. The third-order valence-corrected chi connectivity index (χ3v) is 7.44. The molecule has 0 bridgehead atoms.